The third-order valence-electron chi connectivity index (χ3n) is 3.14. The van der Waals surface area contributed by atoms with Crippen molar-refractivity contribution < 1.29 is 9.90 Å². The van der Waals surface area contributed by atoms with Gasteiger partial charge in [0.25, 0.3) is 0 Å². The molecular weight excluding hydrogens is 218 g/mol. The van der Waals surface area contributed by atoms with E-state index in [9.17, 15) is 4.79 Å². The van der Waals surface area contributed by atoms with Gasteiger partial charge in [0.15, 0.2) is 0 Å². The molecule has 0 radical (unpaired) electrons. The summed E-state index contributed by atoms with van der Waals surface area (Å²) in [6, 6.07) is -0.362. The van der Waals surface area contributed by atoms with Crippen molar-refractivity contribution in [1.29, 1.82) is 0 Å². The molecule has 100 valence electrons. The predicted octanol–water partition coefficient (Wildman–Crippen LogP) is -0.504. The first-order valence-corrected chi connectivity index (χ1v) is 6.42. The Bertz CT molecular complexity index is 238. The first-order chi connectivity index (χ1) is 8.04. The van der Waals surface area contributed by atoms with Crippen LogP contribution in [0.15, 0.2) is 0 Å². The number of carbonyl (C=O) groups excluding carboxylic acids is 1. The second kappa shape index (κ2) is 6.93. The summed E-state index contributed by atoms with van der Waals surface area (Å²) in [5.74, 6) is 0.520. The monoisotopic (exact) mass is 243 g/mol. The van der Waals surface area contributed by atoms with Gasteiger partial charge in [-0.05, 0) is 12.3 Å². The molecule has 0 spiro atoms. The molecule has 0 bridgehead atoms. The highest BCUT2D eigenvalue weighted by Crippen LogP contribution is 2.08. The number of hydrogen-bond donors (Lipinski definition) is 2. The first-order valence-electron chi connectivity index (χ1n) is 6.42. The zero-order valence-corrected chi connectivity index (χ0v) is 10.9. The number of piperazine rings is 1. The molecule has 1 saturated heterocycles. The van der Waals surface area contributed by atoms with Gasteiger partial charge >= 0.3 is 0 Å². The van der Waals surface area contributed by atoms with Crippen LogP contribution < -0.4 is 5.73 Å². The highest BCUT2D eigenvalue weighted by Gasteiger charge is 2.25. The summed E-state index contributed by atoms with van der Waals surface area (Å²) in [4.78, 5) is 16.0. The molecule has 3 N–H and O–H groups in total. The van der Waals surface area contributed by atoms with Crippen LogP contribution in [0.3, 0.4) is 0 Å². The number of nitrogens with zero attached hydrogens (tertiary/aromatic N) is 2. The molecule has 0 aromatic heterocycles. The number of aliphatic hydroxyl groups is 1. The molecule has 5 heteroatoms. The van der Waals surface area contributed by atoms with Gasteiger partial charge in [-0.1, -0.05) is 13.8 Å². The van der Waals surface area contributed by atoms with E-state index in [0.29, 0.717) is 12.5 Å². The lowest BCUT2D eigenvalue weighted by Gasteiger charge is -2.35. The van der Waals surface area contributed by atoms with Crippen LogP contribution in [0.4, 0.5) is 0 Å². The van der Waals surface area contributed by atoms with Crippen molar-refractivity contribution in [2.24, 2.45) is 11.7 Å². The van der Waals surface area contributed by atoms with Crippen molar-refractivity contribution in [3.8, 4) is 0 Å². The number of amides is 1. The maximum Gasteiger partial charge on any atom is 0.239 e. The summed E-state index contributed by atoms with van der Waals surface area (Å²) in [6.07, 6.45) is 0.746. The van der Waals surface area contributed by atoms with Crippen molar-refractivity contribution in [2.75, 3.05) is 39.3 Å². The molecule has 5 nitrogen and oxygen atoms in total. The van der Waals surface area contributed by atoms with Crippen molar-refractivity contribution in [1.82, 2.24) is 9.80 Å². The second-order valence-corrected chi connectivity index (χ2v) is 5.13. The average Bonchev–Trinajstić information content (AvgIpc) is 2.28. The number of rotatable bonds is 5. The Balaban J connectivity index is 2.35. The van der Waals surface area contributed by atoms with Crippen LogP contribution in [0.2, 0.25) is 0 Å². The van der Waals surface area contributed by atoms with Gasteiger partial charge in [0.05, 0.1) is 12.6 Å². The van der Waals surface area contributed by atoms with Gasteiger partial charge in [-0.15, -0.1) is 0 Å². The largest absolute Gasteiger partial charge is 0.395 e. The quantitative estimate of drug-likeness (QED) is 0.683. The van der Waals surface area contributed by atoms with Gasteiger partial charge in [-0.2, -0.15) is 0 Å². The number of nitrogens with two attached hydrogens (primary N) is 1. The van der Waals surface area contributed by atoms with Crippen LogP contribution in [0, 0.1) is 5.92 Å². The van der Waals surface area contributed by atoms with E-state index in [-0.39, 0.29) is 18.6 Å². The van der Waals surface area contributed by atoms with Gasteiger partial charge in [0, 0.05) is 32.7 Å². The zero-order chi connectivity index (χ0) is 12.8. The van der Waals surface area contributed by atoms with Gasteiger partial charge in [-0.3, -0.25) is 9.69 Å². The first kappa shape index (κ1) is 14.4. The molecule has 1 aliphatic rings. The Kier molecular flexibility index (Phi) is 5.88. The van der Waals surface area contributed by atoms with Crippen LogP contribution in [-0.2, 0) is 4.79 Å². The van der Waals surface area contributed by atoms with E-state index in [1.54, 1.807) is 0 Å². The molecule has 0 unspecified atom stereocenters. The molecule has 0 aromatic rings. The van der Waals surface area contributed by atoms with Crippen LogP contribution in [0.1, 0.15) is 20.3 Å². The molecule has 1 atom stereocenters. The minimum Gasteiger partial charge on any atom is -0.395 e. The molecule has 0 aliphatic carbocycles. The van der Waals surface area contributed by atoms with Crippen molar-refractivity contribution >= 4 is 5.91 Å². The maximum atomic E-state index is 12.0. The molecule has 1 amide bonds. The molecular formula is C12H25N3O2. The number of aliphatic hydroxyl groups excluding tert-OH is 1. The molecule has 1 fully saturated rings. The molecule has 1 rings (SSSR count). The molecule has 0 aromatic carbocycles. The van der Waals surface area contributed by atoms with E-state index in [1.807, 2.05) is 4.90 Å². The Hall–Kier alpha value is -0.650. The third-order valence-corrected chi connectivity index (χ3v) is 3.14. The van der Waals surface area contributed by atoms with E-state index < -0.39 is 0 Å². The van der Waals surface area contributed by atoms with E-state index in [4.69, 9.17) is 10.8 Å². The van der Waals surface area contributed by atoms with Crippen LogP contribution in [0.25, 0.3) is 0 Å². The summed E-state index contributed by atoms with van der Waals surface area (Å²) in [6.45, 7) is 8.15. The van der Waals surface area contributed by atoms with Crippen LogP contribution >= 0.6 is 0 Å². The van der Waals surface area contributed by atoms with Gasteiger partial charge in [0.1, 0.15) is 0 Å². The third kappa shape index (κ3) is 4.61. The standard InChI is InChI=1S/C12H25N3O2/c1-10(2)9-11(13)12(17)15-5-3-14(4-6-15)7-8-16/h10-11,16H,3-9,13H2,1-2H3/t11-/m1/s1. The molecule has 0 saturated carbocycles. The molecule has 17 heavy (non-hydrogen) atoms. The fraction of sp³-hybridized carbons (Fsp3) is 0.917. The summed E-state index contributed by atoms with van der Waals surface area (Å²) in [5.41, 5.74) is 5.90. The smallest absolute Gasteiger partial charge is 0.239 e. The Labute approximate surface area is 104 Å². The summed E-state index contributed by atoms with van der Waals surface area (Å²) in [5, 5.41) is 8.84. The fourth-order valence-electron chi connectivity index (χ4n) is 2.18. The van der Waals surface area contributed by atoms with E-state index >= 15 is 0 Å². The lowest BCUT2D eigenvalue weighted by molar-refractivity contribution is -0.134. The Morgan fingerprint density at radius 1 is 1.29 bits per heavy atom. The van der Waals surface area contributed by atoms with Gasteiger partial charge in [0.2, 0.25) is 5.91 Å². The minimum atomic E-state index is -0.362. The zero-order valence-electron chi connectivity index (χ0n) is 10.9. The van der Waals surface area contributed by atoms with Crippen molar-refractivity contribution in [3.05, 3.63) is 0 Å². The number of hydrogen-bond acceptors (Lipinski definition) is 4. The average molecular weight is 243 g/mol. The highest BCUT2D eigenvalue weighted by atomic mass is 16.3. The Morgan fingerprint density at radius 3 is 2.35 bits per heavy atom. The number of β-amino-alcohol motifs (C(OH)–C–C–N with tert-alkyl or cyclic N) is 1. The fourth-order valence-corrected chi connectivity index (χ4v) is 2.18. The van der Waals surface area contributed by atoms with Crippen molar-refractivity contribution in [3.63, 3.8) is 0 Å². The van der Waals surface area contributed by atoms with Crippen LogP contribution in [-0.4, -0.2) is 66.2 Å². The normalized spacial score (nSPS) is 19.7. The van der Waals surface area contributed by atoms with Gasteiger partial charge < -0.3 is 15.7 Å². The summed E-state index contributed by atoms with van der Waals surface area (Å²) >= 11 is 0. The summed E-state index contributed by atoms with van der Waals surface area (Å²) in [7, 11) is 0. The highest BCUT2D eigenvalue weighted by molar-refractivity contribution is 5.81. The number of carbonyl (C=O) groups is 1. The van der Waals surface area contributed by atoms with Gasteiger partial charge in [-0.25, -0.2) is 0 Å². The lowest BCUT2D eigenvalue weighted by atomic mass is 10.0. The van der Waals surface area contributed by atoms with E-state index in [1.165, 1.54) is 0 Å². The summed E-state index contributed by atoms with van der Waals surface area (Å²) < 4.78 is 0. The molecule has 1 heterocycles. The Morgan fingerprint density at radius 2 is 1.88 bits per heavy atom. The molecule has 1 aliphatic heterocycles. The van der Waals surface area contributed by atoms with Crippen LogP contribution in [0.5, 0.6) is 0 Å². The lowest BCUT2D eigenvalue weighted by Crippen LogP contribution is -2.53. The van der Waals surface area contributed by atoms with E-state index in [0.717, 1.165) is 32.6 Å². The topological polar surface area (TPSA) is 69.8 Å². The minimum absolute atomic E-state index is 0.0716. The second-order valence-electron chi connectivity index (χ2n) is 5.13. The maximum absolute atomic E-state index is 12.0. The van der Waals surface area contributed by atoms with E-state index in [2.05, 4.69) is 18.7 Å². The SMILES string of the molecule is CC(C)C[C@@H](N)C(=O)N1CCN(CCO)CC1. The predicted molar refractivity (Wildman–Crippen MR) is 67.5 cm³/mol. The van der Waals surface area contributed by atoms with Crippen molar-refractivity contribution in [2.45, 2.75) is 26.3 Å².